The van der Waals surface area contributed by atoms with Crippen molar-refractivity contribution in [1.82, 2.24) is 0 Å². The molecule has 0 fully saturated rings. The summed E-state index contributed by atoms with van der Waals surface area (Å²) in [6.07, 6.45) is 0. The van der Waals surface area contributed by atoms with Gasteiger partial charge >= 0.3 is 0 Å². The minimum absolute atomic E-state index is 0.706. The van der Waals surface area contributed by atoms with E-state index in [9.17, 15) is 0 Å². The summed E-state index contributed by atoms with van der Waals surface area (Å²) in [5, 5.41) is 2.71. The smallest absolute Gasteiger partial charge is 0.0226 e. The van der Waals surface area contributed by atoms with Gasteiger partial charge in [-0.05, 0) is 10.6 Å². The molecule has 0 aliphatic carbocycles. The molecule has 0 saturated carbocycles. The monoisotopic (exact) mass is 238 g/mol. The van der Waals surface area contributed by atoms with Gasteiger partial charge in [-0.25, -0.2) is 0 Å². The van der Waals surface area contributed by atoms with E-state index in [1.165, 1.54) is 10.6 Å². The summed E-state index contributed by atoms with van der Waals surface area (Å²) in [5.41, 5.74) is 0. The molecule has 0 nitrogen and oxygen atoms in total. The van der Waals surface area contributed by atoms with Crippen molar-refractivity contribution in [2.45, 2.75) is 0 Å². The minimum Gasteiger partial charge on any atom is -0.0623 e. The molecule has 0 aliphatic rings. The zero-order valence-corrected chi connectivity index (χ0v) is 10.6. The molecule has 0 spiro atoms. The molecule has 17 heavy (non-hydrogen) atoms. The summed E-state index contributed by atoms with van der Waals surface area (Å²) in [4.78, 5) is 0. The maximum atomic E-state index is 2.17. The van der Waals surface area contributed by atoms with Crippen molar-refractivity contribution in [2.24, 2.45) is 0 Å². The molecule has 84 valence electrons. The normalized spacial score (nSPS) is 10.1. The van der Waals surface area contributed by atoms with E-state index in [-0.39, 0.29) is 0 Å². The lowest BCUT2D eigenvalue weighted by atomic mass is 10.4. The molecule has 0 aliphatic heterocycles. The van der Waals surface area contributed by atoms with Crippen LogP contribution in [0, 0.1) is 0 Å². The molecule has 0 bridgehead atoms. The zero-order chi connectivity index (χ0) is 11.8. The highest BCUT2D eigenvalue weighted by Gasteiger charge is 1.91. The highest BCUT2D eigenvalue weighted by atomic mass is 31.1. The first-order valence-electron chi connectivity index (χ1n) is 5.65. The molecule has 0 heterocycles. The van der Waals surface area contributed by atoms with Crippen LogP contribution in [0.1, 0.15) is 0 Å². The first-order valence-corrected chi connectivity index (χ1v) is 6.65. The summed E-state index contributed by atoms with van der Waals surface area (Å²) in [5.74, 6) is 0. The summed E-state index contributed by atoms with van der Waals surface area (Å²) < 4.78 is 0. The van der Waals surface area contributed by atoms with Crippen LogP contribution in [0.25, 0.3) is 0 Å². The third kappa shape index (κ3) is 4.38. The Morgan fingerprint density at radius 3 is 1.12 bits per heavy atom. The van der Waals surface area contributed by atoms with Crippen molar-refractivity contribution in [1.29, 1.82) is 0 Å². The van der Waals surface area contributed by atoms with Gasteiger partial charge in [-0.2, -0.15) is 0 Å². The molecule has 2 rings (SSSR count). The van der Waals surface area contributed by atoms with E-state index in [0.29, 0.717) is 8.58 Å². The van der Waals surface area contributed by atoms with Crippen molar-refractivity contribution < 1.29 is 0 Å². The van der Waals surface area contributed by atoms with Crippen molar-refractivity contribution in [3.63, 3.8) is 0 Å². The predicted molar refractivity (Wildman–Crippen MR) is 78.1 cm³/mol. The topological polar surface area (TPSA) is 0 Å². The maximum Gasteiger partial charge on any atom is -0.0226 e. The first-order chi connectivity index (χ1) is 8.45. The molecule has 0 amide bonds. The van der Waals surface area contributed by atoms with E-state index in [4.69, 9.17) is 0 Å². The molecule has 1 heteroatoms. The highest BCUT2D eigenvalue weighted by Crippen LogP contribution is 2.08. The molecule has 2 aromatic rings. The standard InChI is InChI=1S/C16H15P/c1-2-4-7-11-15(12-8-5-3-1)17-16-13-9-6-10-14-16/h1-14,17H. The fourth-order valence-electron chi connectivity index (χ4n) is 1.47. The Morgan fingerprint density at radius 1 is 0.412 bits per heavy atom. The summed E-state index contributed by atoms with van der Waals surface area (Å²) >= 11 is 0. The van der Waals surface area contributed by atoms with Crippen LogP contribution in [0.2, 0.25) is 0 Å². The van der Waals surface area contributed by atoms with E-state index < -0.39 is 0 Å². The largest absolute Gasteiger partial charge is 0.0623 e. The van der Waals surface area contributed by atoms with E-state index in [1.54, 1.807) is 0 Å². The highest BCUT2D eigenvalue weighted by molar-refractivity contribution is 7.55. The quantitative estimate of drug-likeness (QED) is 0.703. The van der Waals surface area contributed by atoms with Crippen molar-refractivity contribution in [3.05, 3.63) is 84.9 Å². The van der Waals surface area contributed by atoms with Crippen LogP contribution in [0.15, 0.2) is 84.9 Å². The molecule has 0 radical (unpaired) electrons. The predicted octanol–water partition coefficient (Wildman–Crippen LogP) is 3.44. The van der Waals surface area contributed by atoms with Gasteiger partial charge in [0.15, 0.2) is 0 Å². The second kappa shape index (κ2) is 6.83. The lowest BCUT2D eigenvalue weighted by molar-refractivity contribution is 1.75. The van der Waals surface area contributed by atoms with Crippen molar-refractivity contribution >= 4 is 19.2 Å². The molecule has 0 saturated heterocycles. The fourth-order valence-corrected chi connectivity index (χ4v) is 2.52. The second-order valence-corrected chi connectivity index (χ2v) is 5.03. The Kier molecular flexibility index (Phi) is 4.75. The van der Waals surface area contributed by atoms with Crippen LogP contribution in [0.3, 0.4) is 0 Å². The average Bonchev–Trinajstić information content (AvgIpc) is 2.38. The van der Waals surface area contributed by atoms with Crippen LogP contribution in [-0.4, -0.2) is 0 Å². The third-order valence-electron chi connectivity index (χ3n) is 2.28. The lowest BCUT2D eigenvalue weighted by Gasteiger charge is -1.99. The van der Waals surface area contributed by atoms with Gasteiger partial charge in [0, 0.05) is 0 Å². The average molecular weight is 238 g/mol. The van der Waals surface area contributed by atoms with Gasteiger partial charge < -0.3 is 0 Å². The Morgan fingerprint density at radius 2 is 0.706 bits per heavy atom. The molecule has 1 atom stereocenters. The Hall–Kier alpha value is -1.65. The van der Waals surface area contributed by atoms with Gasteiger partial charge in [-0.1, -0.05) is 93.5 Å². The lowest BCUT2D eigenvalue weighted by Crippen LogP contribution is -2.00. The summed E-state index contributed by atoms with van der Waals surface area (Å²) in [7, 11) is 0.706. The molecule has 0 aromatic heterocycles. The third-order valence-corrected chi connectivity index (χ3v) is 3.52. The van der Waals surface area contributed by atoms with E-state index >= 15 is 0 Å². The van der Waals surface area contributed by atoms with Gasteiger partial charge in [-0.3, -0.25) is 0 Å². The van der Waals surface area contributed by atoms with Crippen LogP contribution in [-0.2, 0) is 0 Å². The van der Waals surface area contributed by atoms with Gasteiger partial charge in [0.1, 0.15) is 0 Å². The van der Waals surface area contributed by atoms with Crippen LogP contribution in [0.4, 0.5) is 0 Å². The van der Waals surface area contributed by atoms with E-state index in [2.05, 4.69) is 66.7 Å². The summed E-state index contributed by atoms with van der Waals surface area (Å²) in [6.45, 7) is 0. The molecule has 1 unspecified atom stereocenters. The van der Waals surface area contributed by atoms with Crippen LogP contribution in [0.5, 0.6) is 0 Å². The number of rotatable bonds is 2. The Bertz CT molecular complexity index is 480. The van der Waals surface area contributed by atoms with Crippen LogP contribution >= 0.6 is 8.58 Å². The number of hydrogen-bond acceptors (Lipinski definition) is 0. The second-order valence-electron chi connectivity index (χ2n) is 3.63. The molecular weight excluding hydrogens is 223 g/mol. The van der Waals surface area contributed by atoms with Gasteiger partial charge in [0.2, 0.25) is 0 Å². The fraction of sp³-hybridized carbons (Fsp3) is 0. The number of benzene rings is 1. The maximum absolute atomic E-state index is 2.17. The SMILES string of the molecule is c1ccccc(Pc2ccccc2)cccc1. The van der Waals surface area contributed by atoms with Crippen molar-refractivity contribution in [2.75, 3.05) is 0 Å². The van der Waals surface area contributed by atoms with Gasteiger partial charge in [0.05, 0.1) is 0 Å². The Balaban J connectivity index is 2.27. The zero-order valence-electron chi connectivity index (χ0n) is 9.58. The van der Waals surface area contributed by atoms with Gasteiger partial charge in [-0.15, -0.1) is 0 Å². The number of hydrogen-bond donors (Lipinski definition) is 0. The van der Waals surface area contributed by atoms with E-state index in [1.807, 2.05) is 18.2 Å². The first kappa shape index (κ1) is 11.8. The van der Waals surface area contributed by atoms with Crippen LogP contribution < -0.4 is 10.6 Å². The molecular formula is C16H15P. The van der Waals surface area contributed by atoms with Crippen molar-refractivity contribution in [3.8, 4) is 0 Å². The van der Waals surface area contributed by atoms with E-state index in [0.717, 1.165) is 0 Å². The Labute approximate surface area is 104 Å². The molecule has 0 N–H and O–H groups in total. The minimum atomic E-state index is 0.706. The molecule has 2 aromatic carbocycles. The summed E-state index contributed by atoms with van der Waals surface area (Å²) in [6, 6.07) is 29.3. The van der Waals surface area contributed by atoms with Gasteiger partial charge in [0.25, 0.3) is 0 Å².